The van der Waals surface area contributed by atoms with Gasteiger partial charge in [-0.05, 0) is 25.3 Å². The van der Waals surface area contributed by atoms with Crippen LogP contribution in [-0.2, 0) is 0 Å². The van der Waals surface area contributed by atoms with E-state index in [0.29, 0.717) is 0 Å². The molecule has 3 N–H and O–H groups in total. The van der Waals surface area contributed by atoms with Gasteiger partial charge >= 0.3 is 0 Å². The summed E-state index contributed by atoms with van der Waals surface area (Å²) >= 11 is 2.00. The molecule has 2 aliphatic heterocycles. The quantitative estimate of drug-likeness (QED) is 0.571. The second-order valence-corrected chi connectivity index (χ2v) is 7.03. The summed E-state index contributed by atoms with van der Waals surface area (Å²) in [7, 11) is 0. The minimum Gasteiger partial charge on any atom is -1.00 e. The third-order valence-corrected chi connectivity index (χ3v) is 5.49. The van der Waals surface area contributed by atoms with Gasteiger partial charge in [0.15, 0.2) is 0 Å². The molecule has 0 saturated carbocycles. The molecule has 21 heavy (non-hydrogen) atoms. The third kappa shape index (κ3) is 5.61. The Bertz CT molecular complexity index is 408. The van der Waals surface area contributed by atoms with E-state index in [4.69, 9.17) is 4.98 Å². The van der Waals surface area contributed by atoms with E-state index >= 15 is 0 Å². The molecule has 0 aromatic carbocycles. The highest BCUT2D eigenvalue weighted by atomic mass is 35.5. The van der Waals surface area contributed by atoms with Gasteiger partial charge in [0.1, 0.15) is 5.03 Å². The number of halogens is 2. The van der Waals surface area contributed by atoms with E-state index in [1.165, 1.54) is 69.1 Å². The van der Waals surface area contributed by atoms with Gasteiger partial charge in [-0.3, -0.25) is 4.90 Å². The number of piperidine rings is 2. The lowest BCUT2D eigenvalue weighted by Crippen LogP contribution is -3.08. The fraction of sp³-hybridized carbons (Fsp3) is 0.667. The van der Waals surface area contributed by atoms with Crippen molar-refractivity contribution in [3.8, 4) is 0 Å². The zero-order valence-electron chi connectivity index (χ0n) is 12.4. The molecule has 0 aliphatic carbocycles. The molecule has 3 nitrogen and oxygen atoms in total. The zero-order chi connectivity index (χ0) is 12.9. The number of hydrogen-bond acceptors (Lipinski definition) is 2. The van der Waals surface area contributed by atoms with Gasteiger partial charge in [-0.15, -0.1) is 11.8 Å². The van der Waals surface area contributed by atoms with Crippen LogP contribution in [0.1, 0.15) is 32.1 Å². The van der Waals surface area contributed by atoms with Crippen LogP contribution >= 0.6 is 11.8 Å². The number of hydrogen-bond donors (Lipinski definition) is 2. The molecule has 0 bridgehead atoms. The lowest BCUT2D eigenvalue weighted by atomic mass is 10.1. The number of quaternary nitrogens is 2. The Balaban J connectivity index is 0.00000110. The molecule has 0 spiro atoms. The van der Waals surface area contributed by atoms with E-state index < -0.39 is 0 Å². The van der Waals surface area contributed by atoms with Crippen LogP contribution in [0, 0.1) is 0 Å². The summed E-state index contributed by atoms with van der Waals surface area (Å²) in [4.78, 5) is 6.49. The summed E-state index contributed by atoms with van der Waals surface area (Å²) in [6.07, 6.45) is 6.76. The van der Waals surface area contributed by atoms with Crippen LogP contribution in [-0.4, -0.2) is 36.4 Å². The number of rotatable bonds is 3. The first-order valence-corrected chi connectivity index (χ1v) is 8.60. The fourth-order valence-corrected chi connectivity index (χ4v) is 4.25. The topological polar surface area (TPSA) is 33.9 Å². The molecular formula is C15H25Cl2N3S. The maximum atomic E-state index is 4.91. The summed E-state index contributed by atoms with van der Waals surface area (Å²) in [6, 6.07) is 6.59. The number of nitrogens with zero attached hydrogens (tertiary/aromatic N) is 1. The van der Waals surface area contributed by atoms with E-state index in [-0.39, 0.29) is 24.8 Å². The lowest BCUT2D eigenvalue weighted by Gasteiger charge is -2.23. The first kappa shape index (κ1) is 19.0. The molecular weight excluding hydrogens is 325 g/mol. The zero-order valence-corrected chi connectivity index (χ0v) is 14.7. The smallest absolute Gasteiger partial charge is 0.226 e. The van der Waals surface area contributed by atoms with Gasteiger partial charge in [-0.25, -0.2) is 0 Å². The molecule has 3 rings (SSSR count). The first-order valence-electron chi connectivity index (χ1n) is 7.72. The second kappa shape index (κ2) is 9.90. The minimum atomic E-state index is 0. The largest absolute Gasteiger partial charge is 1.00 e. The van der Waals surface area contributed by atoms with Crippen molar-refractivity contribution in [2.75, 3.05) is 26.2 Å². The Morgan fingerprint density at radius 2 is 1.76 bits per heavy atom. The maximum Gasteiger partial charge on any atom is 0.226 e. The van der Waals surface area contributed by atoms with Crippen molar-refractivity contribution < 1.29 is 35.0 Å². The van der Waals surface area contributed by atoms with Gasteiger partial charge in [0, 0.05) is 24.2 Å². The SMILES string of the molecule is [Cl-].[Cl-].c1cc(SC2CC[NH2+]CC2)nc([NH+]2CCCCC2)c1. The molecule has 1 aromatic heterocycles. The Kier molecular flexibility index (Phi) is 8.98. The Morgan fingerprint density at radius 1 is 1.05 bits per heavy atom. The predicted molar refractivity (Wildman–Crippen MR) is 79.0 cm³/mol. The van der Waals surface area contributed by atoms with Crippen molar-refractivity contribution in [3.63, 3.8) is 0 Å². The van der Waals surface area contributed by atoms with Crippen LogP contribution in [0.15, 0.2) is 23.2 Å². The molecule has 2 saturated heterocycles. The summed E-state index contributed by atoms with van der Waals surface area (Å²) < 4.78 is 0. The fourth-order valence-electron chi connectivity index (χ4n) is 3.10. The van der Waals surface area contributed by atoms with E-state index in [9.17, 15) is 0 Å². The average molecular weight is 350 g/mol. The summed E-state index contributed by atoms with van der Waals surface area (Å²) in [5.41, 5.74) is 0. The normalized spacial score (nSPS) is 20.4. The van der Waals surface area contributed by atoms with Crippen molar-refractivity contribution in [2.24, 2.45) is 0 Å². The highest BCUT2D eigenvalue weighted by Crippen LogP contribution is 2.26. The number of nitrogens with two attached hydrogens (primary N) is 1. The van der Waals surface area contributed by atoms with Crippen LogP contribution in [0.25, 0.3) is 0 Å². The van der Waals surface area contributed by atoms with Crippen LogP contribution in [0.2, 0.25) is 0 Å². The standard InChI is InChI=1S/C15H23N3S.2ClH/c1-2-11-18(12-3-1)14-5-4-6-15(17-14)19-13-7-9-16-10-8-13;;/h4-6,13,16H,1-3,7-12H2;2*1H. The number of nitrogens with one attached hydrogen (secondary N) is 1. The second-order valence-electron chi connectivity index (χ2n) is 5.71. The minimum absolute atomic E-state index is 0. The maximum absolute atomic E-state index is 4.91. The molecule has 0 unspecified atom stereocenters. The van der Waals surface area contributed by atoms with Gasteiger partial charge in [0.2, 0.25) is 5.82 Å². The molecule has 3 heterocycles. The molecule has 2 aliphatic rings. The number of pyridine rings is 1. The van der Waals surface area contributed by atoms with Gasteiger partial charge in [0.05, 0.1) is 26.2 Å². The van der Waals surface area contributed by atoms with Crippen molar-refractivity contribution in [3.05, 3.63) is 18.2 Å². The Morgan fingerprint density at radius 3 is 2.48 bits per heavy atom. The Hall–Kier alpha value is -0.0000000000000000833. The van der Waals surface area contributed by atoms with Gasteiger partial charge < -0.3 is 30.1 Å². The summed E-state index contributed by atoms with van der Waals surface area (Å²) in [5.74, 6) is 1.27. The summed E-state index contributed by atoms with van der Waals surface area (Å²) in [6.45, 7) is 5.10. The molecule has 2 fully saturated rings. The monoisotopic (exact) mass is 349 g/mol. The first-order chi connectivity index (χ1) is 9.42. The van der Waals surface area contributed by atoms with Crippen molar-refractivity contribution in [1.29, 1.82) is 0 Å². The van der Waals surface area contributed by atoms with Crippen LogP contribution < -0.4 is 35.0 Å². The van der Waals surface area contributed by atoms with Crippen LogP contribution in [0.4, 0.5) is 5.82 Å². The molecule has 1 aromatic rings. The summed E-state index contributed by atoms with van der Waals surface area (Å²) in [5, 5.41) is 4.45. The molecule has 6 heteroatoms. The van der Waals surface area contributed by atoms with Crippen molar-refractivity contribution in [2.45, 2.75) is 42.4 Å². The highest BCUT2D eigenvalue weighted by Gasteiger charge is 2.20. The molecule has 0 radical (unpaired) electrons. The van der Waals surface area contributed by atoms with Gasteiger partial charge in [-0.1, -0.05) is 6.07 Å². The van der Waals surface area contributed by atoms with Crippen molar-refractivity contribution >= 4 is 17.6 Å². The van der Waals surface area contributed by atoms with Crippen LogP contribution in [0.3, 0.4) is 0 Å². The molecule has 120 valence electrons. The van der Waals surface area contributed by atoms with Gasteiger partial charge in [-0.2, -0.15) is 4.98 Å². The molecule has 0 amide bonds. The van der Waals surface area contributed by atoms with E-state index in [2.05, 4.69) is 23.5 Å². The average Bonchev–Trinajstić information content (AvgIpc) is 2.49. The predicted octanol–water partition coefficient (Wildman–Crippen LogP) is -5.39. The number of aromatic nitrogens is 1. The van der Waals surface area contributed by atoms with Gasteiger partial charge in [0.25, 0.3) is 0 Å². The van der Waals surface area contributed by atoms with Crippen molar-refractivity contribution in [1.82, 2.24) is 4.98 Å². The third-order valence-electron chi connectivity index (χ3n) is 4.22. The highest BCUT2D eigenvalue weighted by molar-refractivity contribution is 7.99. The van der Waals surface area contributed by atoms with E-state index in [1.807, 2.05) is 11.8 Å². The van der Waals surface area contributed by atoms with E-state index in [0.717, 1.165) is 5.25 Å². The van der Waals surface area contributed by atoms with Crippen LogP contribution in [0.5, 0.6) is 0 Å². The molecule has 0 atom stereocenters. The number of thioether (sulfide) groups is 1. The lowest BCUT2D eigenvalue weighted by molar-refractivity contribution is -0.840. The van der Waals surface area contributed by atoms with E-state index in [1.54, 1.807) is 4.90 Å². The Labute approximate surface area is 144 Å².